The minimum Gasteiger partial charge on any atom is -0.406 e. The van der Waals surface area contributed by atoms with E-state index < -0.39 is 6.36 Å². The molecule has 1 unspecified atom stereocenters. The number of halogens is 3. The molecule has 2 fully saturated rings. The van der Waals surface area contributed by atoms with Crippen LogP contribution >= 0.6 is 0 Å². The monoisotopic (exact) mass is 475 g/mol. The van der Waals surface area contributed by atoms with Crippen LogP contribution in [-0.4, -0.2) is 69.6 Å². The Morgan fingerprint density at radius 1 is 1.00 bits per heavy atom. The summed E-state index contributed by atoms with van der Waals surface area (Å²) in [5.74, 6) is 0.160. The average Bonchev–Trinajstić information content (AvgIpc) is 3.51. The molecule has 2 saturated heterocycles. The maximum atomic E-state index is 13.0. The zero-order valence-corrected chi connectivity index (χ0v) is 18.3. The normalized spacial score (nSPS) is 24.4. The van der Waals surface area contributed by atoms with Gasteiger partial charge in [0.2, 0.25) is 11.8 Å². The summed E-state index contributed by atoms with van der Waals surface area (Å²) in [6.07, 6.45) is 0.429. The van der Waals surface area contributed by atoms with E-state index in [9.17, 15) is 22.8 Å². The highest BCUT2D eigenvalue weighted by Gasteiger charge is 2.44. The Bertz CT molecular complexity index is 1080. The van der Waals surface area contributed by atoms with E-state index in [4.69, 9.17) is 0 Å². The Hall–Kier alpha value is -3.37. The van der Waals surface area contributed by atoms with Crippen LogP contribution < -0.4 is 4.74 Å². The van der Waals surface area contributed by atoms with Crippen molar-refractivity contribution in [3.63, 3.8) is 0 Å². The number of alkyl halides is 3. The molecule has 0 radical (unpaired) electrons. The third-order valence-corrected chi connectivity index (χ3v) is 6.86. The number of rotatable bonds is 4. The molecule has 0 bridgehead atoms. The molecule has 34 heavy (non-hydrogen) atoms. The largest absolute Gasteiger partial charge is 0.573 e. The van der Waals surface area contributed by atoms with E-state index in [0.29, 0.717) is 38.2 Å². The summed E-state index contributed by atoms with van der Waals surface area (Å²) >= 11 is 0. The molecule has 2 aliphatic heterocycles. The standard InChI is InChI=1S/C23H24F3N5O3/c24-23(25,26)34-18-5-1-14(2-6-18)3-8-21(32)30-10-16-12-31(13-17(16)11-30)22(33)15-4-7-19-20(9-15)28-29-27-19/h1-3,5-6,8,15-17H,4,7,9-13H2,(H,27,28,29)/b8-3+/t15?,16-,17-/m1/s1. The molecule has 2 aromatic rings. The van der Waals surface area contributed by atoms with E-state index in [1.54, 1.807) is 11.0 Å². The number of aromatic nitrogens is 3. The van der Waals surface area contributed by atoms with Gasteiger partial charge < -0.3 is 14.5 Å². The van der Waals surface area contributed by atoms with Crippen LogP contribution in [0.15, 0.2) is 30.3 Å². The topological polar surface area (TPSA) is 91.4 Å². The molecule has 1 aliphatic carbocycles. The first-order valence-electron chi connectivity index (χ1n) is 11.3. The number of fused-ring (bicyclic) bond motifs is 2. The average molecular weight is 475 g/mol. The lowest BCUT2D eigenvalue weighted by atomic mass is 9.89. The molecule has 0 saturated carbocycles. The summed E-state index contributed by atoms with van der Waals surface area (Å²) in [6.45, 7) is 2.49. The first kappa shape index (κ1) is 22.4. The summed E-state index contributed by atoms with van der Waals surface area (Å²) in [6, 6.07) is 5.33. The number of aromatic amines is 1. The van der Waals surface area contributed by atoms with Crippen LogP contribution in [0, 0.1) is 17.8 Å². The molecule has 11 heteroatoms. The van der Waals surface area contributed by atoms with Gasteiger partial charge in [0.15, 0.2) is 0 Å². The number of hydrogen-bond donors (Lipinski definition) is 1. The molecule has 0 spiro atoms. The number of carbonyl (C=O) groups is 2. The lowest BCUT2D eigenvalue weighted by Gasteiger charge is -2.27. The van der Waals surface area contributed by atoms with E-state index in [0.717, 1.165) is 24.2 Å². The molecular weight excluding hydrogens is 451 g/mol. The van der Waals surface area contributed by atoms with Gasteiger partial charge >= 0.3 is 6.36 Å². The van der Waals surface area contributed by atoms with Gasteiger partial charge in [-0.15, -0.1) is 13.2 Å². The van der Waals surface area contributed by atoms with E-state index in [2.05, 4.69) is 20.1 Å². The number of nitrogens with one attached hydrogen (secondary N) is 1. The van der Waals surface area contributed by atoms with Gasteiger partial charge in [-0.05, 0) is 36.6 Å². The minimum atomic E-state index is -4.74. The molecule has 1 N–H and O–H groups in total. The predicted molar refractivity (Wildman–Crippen MR) is 114 cm³/mol. The predicted octanol–water partition coefficient (Wildman–Crippen LogP) is 2.44. The van der Waals surface area contributed by atoms with E-state index >= 15 is 0 Å². The first-order chi connectivity index (χ1) is 16.2. The lowest BCUT2D eigenvalue weighted by molar-refractivity contribution is -0.274. The minimum absolute atomic E-state index is 0.0648. The van der Waals surface area contributed by atoms with Crippen molar-refractivity contribution in [1.29, 1.82) is 0 Å². The maximum Gasteiger partial charge on any atom is 0.573 e. The van der Waals surface area contributed by atoms with Crippen LogP contribution in [0.4, 0.5) is 13.2 Å². The Kier molecular flexibility index (Phi) is 5.78. The number of carbonyl (C=O) groups excluding carboxylic acids is 2. The van der Waals surface area contributed by atoms with Gasteiger partial charge in [0.05, 0.1) is 11.4 Å². The van der Waals surface area contributed by atoms with Crippen LogP contribution in [0.5, 0.6) is 5.75 Å². The Morgan fingerprint density at radius 3 is 2.32 bits per heavy atom. The molecule has 3 aliphatic rings. The van der Waals surface area contributed by atoms with Crippen LogP contribution in [-0.2, 0) is 22.4 Å². The van der Waals surface area contributed by atoms with Crippen molar-refractivity contribution in [2.75, 3.05) is 26.2 Å². The number of likely N-dealkylation sites (tertiary alicyclic amines) is 2. The zero-order valence-electron chi connectivity index (χ0n) is 18.3. The molecular formula is C23H24F3N5O3. The second kappa shape index (κ2) is 8.77. The summed E-state index contributed by atoms with van der Waals surface area (Å²) in [5.41, 5.74) is 2.44. The number of aryl methyl sites for hydroxylation is 1. The maximum absolute atomic E-state index is 13.0. The van der Waals surface area contributed by atoms with Gasteiger partial charge in [0, 0.05) is 56.4 Å². The summed E-state index contributed by atoms with van der Waals surface area (Å²) in [7, 11) is 0. The van der Waals surface area contributed by atoms with Crippen molar-refractivity contribution in [1.82, 2.24) is 25.2 Å². The number of amides is 2. The fraction of sp³-hybridized carbons (Fsp3) is 0.478. The number of benzene rings is 1. The molecule has 8 nitrogen and oxygen atoms in total. The van der Waals surface area contributed by atoms with E-state index in [1.807, 2.05) is 4.90 Å². The van der Waals surface area contributed by atoms with Crippen molar-refractivity contribution in [3.8, 4) is 5.75 Å². The molecule has 1 aromatic heterocycles. The third kappa shape index (κ3) is 4.78. The molecule has 3 heterocycles. The van der Waals surface area contributed by atoms with E-state index in [-0.39, 0.29) is 35.3 Å². The highest BCUT2D eigenvalue weighted by Crippen LogP contribution is 2.34. The van der Waals surface area contributed by atoms with Crippen molar-refractivity contribution >= 4 is 17.9 Å². The first-order valence-corrected chi connectivity index (χ1v) is 11.3. The molecule has 2 amide bonds. The highest BCUT2D eigenvalue weighted by molar-refractivity contribution is 5.92. The Morgan fingerprint density at radius 2 is 1.65 bits per heavy atom. The Balaban J connectivity index is 1.12. The number of nitrogens with zero attached hydrogens (tertiary/aromatic N) is 4. The second-order valence-electron chi connectivity index (χ2n) is 9.11. The quantitative estimate of drug-likeness (QED) is 0.686. The smallest absolute Gasteiger partial charge is 0.406 e. The van der Waals surface area contributed by atoms with Gasteiger partial charge in [-0.3, -0.25) is 9.59 Å². The molecule has 1 aromatic carbocycles. The van der Waals surface area contributed by atoms with Crippen LogP contribution in [0.3, 0.4) is 0 Å². The number of hydrogen-bond acceptors (Lipinski definition) is 5. The van der Waals surface area contributed by atoms with Crippen molar-refractivity contribution < 1.29 is 27.5 Å². The van der Waals surface area contributed by atoms with Crippen molar-refractivity contribution in [3.05, 3.63) is 47.3 Å². The van der Waals surface area contributed by atoms with Gasteiger partial charge in [-0.2, -0.15) is 15.4 Å². The lowest BCUT2D eigenvalue weighted by Crippen LogP contribution is -2.39. The fourth-order valence-electron chi connectivity index (χ4n) is 5.16. The molecule has 180 valence electrons. The van der Waals surface area contributed by atoms with E-state index in [1.165, 1.54) is 30.3 Å². The van der Waals surface area contributed by atoms with Crippen molar-refractivity contribution in [2.45, 2.75) is 25.6 Å². The summed E-state index contributed by atoms with van der Waals surface area (Å²) in [4.78, 5) is 29.4. The van der Waals surface area contributed by atoms with Crippen LogP contribution in [0.25, 0.3) is 6.08 Å². The molecule has 3 atom stereocenters. The SMILES string of the molecule is O=C(/C=C/c1ccc(OC(F)(F)F)cc1)N1C[C@@H]2CN(C(=O)C3CCc4n[nH]nc4C3)C[C@H]2C1. The number of H-pyrrole nitrogens is 1. The number of ether oxygens (including phenoxy) is 1. The second-order valence-corrected chi connectivity index (χ2v) is 9.11. The van der Waals surface area contributed by atoms with Gasteiger partial charge in [-0.25, -0.2) is 0 Å². The highest BCUT2D eigenvalue weighted by atomic mass is 19.4. The van der Waals surface area contributed by atoms with Crippen LogP contribution in [0.1, 0.15) is 23.4 Å². The van der Waals surface area contributed by atoms with Gasteiger partial charge in [0.25, 0.3) is 0 Å². The zero-order chi connectivity index (χ0) is 23.9. The summed E-state index contributed by atoms with van der Waals surface area (Å²) < 4.78 is 40.6. The molecule has 5 rings (SSSR count). The van der Waals surface area contributed by atoms with Gasteiger partial charge in [-0.1, -0.05) is 12.1 Å². The van der Waals surface area contributed by atoms with Gasteiger partial charge in [0.1, 0.15) is 5.75 Å². The van der Waals surface area contributed by atoms with Crippen molar-refractivity contribution in [2.24, 2.45) is 17.8 Å². The summed E-state index contributed by atoms with van der Waals surface area (Å²) in [5, 5.41) is 10.9. The Labute approximate surface area is 193 Å². The fourth-order valence-corrected chi connectivity index (χ4v) is 5.16. The van der Waals surface area contributed by atoms with Crippen LogP contribution in [0.2, 0.25) is 0 Å². The third-order valence-electron chi connectivity index (χ3n) is 6.86.